The first kappa shape index (κ1) is 18.5. The average molecular weight is 388 g/mol. The third-order valence-electron chi connectivity index (χ3n) is 3.70. The molecule has 3 aromatic rings. The van der Waals surface area contributed by atoms with Gasteiger partial charge in [0, 0.05) is 11.3 Å². The Hall–Kier alpha value is -3.33. The molecule has 2 N–H and O–H groups in total. The smallest absolute Gasteiger partial charge is 0.307 e. The zero-order chi connectivity index (χ0) is 19.4. The van der Waals surface area contributed by atoms with Crippen LogP contribution < -0.4 is 9.46 Å². The predicted molar refractivity (Wildman–Crippen MR) is 97.1 cm³/mol. The highest BCUT2D eigenvalue weighted by molar-refractivity contribution is 7.92. The van der Waals surface area contributed by atoms with Gasteiger partial charge in [-0.15, -0.1) is 0 Å². The quantitative estimate of drug-likeness (QED) is 0.639. The summed E-state index contributed by atoms with van der Waals surface area (Å²) in [5, 5.41) is 8.93. The second kappa shape index (κ2) is 7.50. The summed E-state index contributed by atoms with van der Waals surface area (Å²) in [5.41, 5.74) is 1.31. The number of ether oxygens (including phenoxy) is 1. The van der Waals surface area contributed by atoms with Gasteiger partial charge in [-0.25, -0.2) is 13.4 Å². The fraction of sp³-hybridized carbons (Fsp3) is 0.111. The molecular weight excluding hydrogens is 372 g/mol. The van der Waals surface area contributed by atoms with E-state index in [0.717, 1.165) is 0 Å². The van der Waals surface area contributed by atoms with E-state index in [0.29, 0.717) is 22.6 Å². The van der Waals surface area contributed by atoms with Crippen molar-refractivity contribution in [1.29, 1.82) is 0 Å². The van der Waals surface area contributed by atoms with Crippen LogP contribution in [-0.4, -0.2) is 31.6 Å². The van der Waals surface area contributed by atoms with Crippen molar-refractivity contribution < 1.29 is 27.5 Å². The van der Waals surface area contributed by atoms with E-state index in [1.807, 2.05) is 0 Å². The van der Waals surface area contributed by atoms with Gasteiger partial charge in [0.1, 0.15) is 10.6 Å². The molecule has 0 aliphatic carbocycles. The van der Waals surface area contributed by atoms with E-state index in [4.69, 9.17) is 14.3 Å². The Bertz CT molecular complexity index is 1060. The van der Waals surface area contributed by atoms with Crippen molar-refractivity contribution in [3.63, 3.8) is 0 Å². The number of anilines is 1. The number of nitrogens with zero attached hydrogens (tertiary/aromatic N) is 1. The number of carboxylic acids is 1. The van der Waals surface area contributed by atoms with Crippen LogP contribution in [0.4, 0.5) is 5.69 Å². The second-order valence-corrected chi connectivity index (χ2v) is 7.26. The number of aliphatic carboxylic acids is 1. The Kier molecular flexibility index (Phi) is 5.13. The lowest BCUT2D eigenvalue weighted by Crippen LogP contribution is -2.15. The fourth-order valence-corrected chi connectivity index (χ4v) is 3.79. The van der Waals surface area contributed by atoms with E-state index < -0.39 is 16.0 Å². The topological polar surface area (TPSA) is 119 Å². The molecule has 0 spiro atoms. The molecule has 9 heteroatoms. The lowest BCUT2D eigenvalue weighted by atomic mass is 10.1. The number of aromatic nitrogens is 1. The zero-order valence-electron chi connectivity index (χ0n) is 14.2. The zero-order valence-corrected chi connectivity index (χ0v) is 15.1. The van der Waals surface area contributed by atoms with Crippen molar-refractivity contribution in [2.24, 2.45) is 0 Å². The maximum atomic E-state index is 12.8. The van der Waals surface area contributed by atoms with Gasteiger partial charge in [0.15, 0.2) is 12.2 Å². The van der Waals surface area contributed by atoms with Gasteiger partial charge >= 0.3 is 5.97 Å². The van der Waals surface area contributed by atoms with E-state index in [2.05, 4.69) is 9.71 Å². The molecule has 2 aromatic carbocycles. The Labute approximate surface area is 155 Å². The first-order valence-corrected chi connectivity index (χ1v) is 9.28. The van der Waals surface area contributed by atoms with E-state index in [-0.39, 0.29) is 17.1 Å². The average Bonchev–Trinajstić information content (AvgIpc) is 3.16. The maximum absolute atomic E-state index is 12.8. The van der Waals surface area contributed by atoms with E-state index in [1.54, 1.807) is 24.3 Å². The lowest BCUT2D eigenvalue weighted by molar-refractivity contribution is -0.136. The highest BCUT2D eigenvalue weighted by Gasteiger charge is 2.21. The number of methoxy groups -OCH3 is 1. The summed E-state index contributed by atoms with van der Waals surface area (Å²) in [5.74, 6) is -0.448. The maximum Gasteiger partial charge on any atom is 0.307 e. The van der Waals surface area contributed by atoms with Crippen molar-refractivity contribution in [2.75, 3.05) is 11.8 Å². The monoisotopic (exact) mass is 388 g/mol. The summed E-state index contributed by atoms with van der Waals surface area (Å²) >= 11 is 0. The summed E-state index contributed by atoms with van der Waals surface area (Å²) in [6, 6.07) is 10.8. The molecule has 0 radical (unpaired) electrons. The van der Waals surface area contributed by atoms with Gasteiger partial charge in [-0.1, -0.05) is 18.2 Å². The first-order chi connectivity index (χ1) is 12.9. The molecule has 8 nitrogen and oxygen atoms in total. The molecule has 0 saturated heterocycles. The molecule has 0 bridgehead atoms. The van der Waals surface area contributed by atoms with Crippen LogP contribution in [0.3, 0.4) is 0 Å². The predicted octanol–water partition coefficient (Wildman–Crippen LogP) is 2.78. The number of benzene rings is 2. The lowest BCUT2D eigenvalue weighted by Gasteiger charge is -2.13. The van der Waals surface area contributed by atoms with E-state index >= 15 is 0 Å². The van der Waals surface area contributed by atoms with Crippen molar-refractivity contribution in [3.8, 4) is 17.1 Å². The number of hydrogen-bond donors (Lipinski definition) is 2. The summed E-state index contributed by atoms with van der Waals surface area (Å²) in [6.45, 7) is 0. The van der Waals surface area contributed by atoms with Crippen LogP contribution in [0, 0.1) is 0 Å². The van der Waals surface area contributed by atoms with Gasteiger partial charge in [0.2, 0.25) is 0 Å². The molecule has 140 valence electrons. The van der Waals surface area contributed by atoms with Gasteiger partial charge in [-0.2, -0.15) is 0 Å². The van der Waals surface area contributed by atoms with Crippen LogP contribution in [0.1, 0.15) is 5.56 Å². The number of carbonyl (C=O) groups is 1. The summed E-state index contributed by atoms with van der Waals surface area (Å²) < 4.78 is 38.5. The molecule has 0 fully saturated rings. The minimum Gasteiger partial charge on any atom is -0.495 e. The number of sulfonamides is 1. The minimum atomic E-state index is -4.01. The molecule has 1 heterocycles. The first-order valence-electron chi connectivity index (χ1n) is 7.79. The third-order valence-corrected chi connectivity index (χ3v) is 5.11. The Morgan fingerprint density at radius 3 is 2.74 bits per heavy atom. The molecule has 0 saturated carbocycles. The molecule has 27 heavy (non-hydrogen) atoms. The number of nitrogens with one attached hydrogen (secondary N) is 1. The van der Waals surface area contributed by atoms with Gasteiger partial charge in [0.25, 0.3) is 10.0 Å². The van der Waals surface area contributed by atoms with Crippen LogP contribution in [-0.2, 0) is 21.2 Å². The van der Waals surface area contributed by atoms with Crippen molar-refractivity contribution in [2.45, 2.75) is 11.3 Å². The SMILES string of the molecule is COc1ccc(CC(=O)O)cc1S(=O)(=O)Nc1cccc(-c2cnco2)c1. The van der Waals surface area contributed by atoms with Gasteiger partial charge in [0.05, 0.1) is 19.7 Å². The van der Waals surface area contributed by atoms with Gasteiger partial charge in [-0.05, 0) is 29.8 Å². The molecule has 0 aliphatic heterocycles. The number of hydrogen-bond acceptors (Lipinski definition) is 6. The third kappa shape index (κ3) is 4.26. The summed E-state index contributed by atoms with van der Waals surface area (Å²) in [6.07, 6.45) is 2.50. The van der Waals surface area contributed by atoms with Gasteiger partial charge in [-0.3, -0.25) is 9.52 Å². The van der Waals surface area contributed by atoms with Crippen LogP contribution >= 0.6 is 0 Å². The highest BCUT2D eigenvalue weighted by Crippen LogP contribution is 2.29. The van der Waals surface area contributed by atoms with Gasteiger partial charge < -0.3 is 14.3 Å². The second-order valence-electron chi connectivity index (χ2n) is 5.61. The standard InChI is InChI=1S/C18H16N2O6S/c1-25-15-6-5-12(8-18(21)22)7-17(15)27(23,24)20-14-4-2-3-13(9-14)16-10-19-11-26-16/h2-7,9-11,20H,8H2,1H3,(H,21,22). The Morgan fingerprint density at radius 2 is 2.07 bits per heavy atom. The molecule has 0 atom stereocenters. The molecule has 1 aromatic heterocycles. The fourth-order valence-electron chi connectivity index (χ4n) is 2.52. The normalized spacial score (nSPS) is 11.1. The van der Waals surface area contributed by atoms with Crippen LogP contribution in [0.5, 0.6) is 5.75 Å². The van der Waals surface area contributed by atoms with Crippen molar-refractivity contribution >= 4 is 21.7 Å². The molecule has 0 unspecified atom stereocenters. The van der Waals surface area contributed by atoms with Crippen LogP contribution in [0.2, 0.25) is 0 Å². The minimum absolute atomic E-state index is 0.114. The number of carboxylic acid groups (broad SMARTS) is 1. The van der Waals surface area contributed by atoms with Crippen molar-refractivity contribution in [3.05, 3.63) is 60.6 Å². The largest absolute Gasteiger partial charge is 0.495 e. The van der Waals surface area contributed by atoms with E-state index in [9.17, 15) is 13.2 Å². The molecule has 0 aliphatic rings. The molecule has 3 rings (SSSR count). The van der Waals surface area contributed by atoms with Crippen LogP contribution in [0.15, 0.2) is 64.4 Å². The number of rotatable bonds is 7. The molecular formula is C18H16N2O6S. The summed E-state index contributed by atoms with van der Waals surface area (Å²) in [7, 11) is -2.67. The highest BCUT2D eigenvalue weighted by atomic mass is 32.2. The Balaban J connectivity index is 1.95. The summed E-state index contributed by atoms with van der Waals surface area (Å²) in [4.78, 5) is 14.6. The number of oxazole rings is 1. The Morgan fingerprint density at radius 1 is 1.26 bits per heavy atom. The van der Waals surface area contributed by atoms with E-state index in [1.165, 1.54) is 37.9 Å². The van der Waals surface area contributed by atoms with Crippen molar-refractivity contribution in [1.82, 2.24) is 4.98 Å². The molecule has 0 amide bonds. The van der Waals surface area contributed by atoms with Crippen LogP contribution in [0.25, 0.3) is 11.3 Å².